The minimum atomic E-state index is 0.550. The third kappa shape index (κ3) is 1.25. The molecular formula is C8H13N. The third-order valence-corrected chi connectivity index (χ3v) is 2.17. The number of nitrogens with two attached hydrogens (primary N) is 1. The molecule has 0 aromatic heterocycles. The van der Waals surface area contributed by atoms with Gasteiger partial charge in [-0.3, -0.25) is 0 Å². The molecular weight excluding hydrogens is 110 g/mol. The van der Waals surface area contributed by atoms with Gasteiger partial charge in [0.05, 0.1) is 0 Å². The van der Waals surface area contributed by atoms with E-state index in [4.69, 9.17) is 12.2 Å². The number of hydrogen-bond donors (Lipinski definition) is 1. The van der Waals surface area contributed by atoms with Crippen molar-refractivity contribution in [2.24, 2.45) is 17.6 Å². The molecule has 0 aliphatic heterocycles. The summed E-state index contributed by atoms with van der Waals surface area (Å²) < 4.78 is 0. The molecule has 1 aliphatic carbocycles. The van der Waals surface area contributed by atoms with Gasteiger partial charge in [0.2, 0.25) is 0 Å². The standard InChI is InChI=1S/C8H13N/c1-2-7-3-4-8(7)5-6-9/h1,7-8H,3-6,9H2. The van der Waals surface area contributed by atoms with E-state index >= 15 is 0 Å². The van der Waals surface area contributed by atoms with Gasteiger partial charge in [0.1, 0.15) is 0 Å². The molecule has 2 unspecified atom stereocenters. The highest BCUT2D eigenvalue weighted by molar-refractivity contribution is 5.01. The number of hydrogen-bond acceptors (Lipinski definition) is 1. The van der Waals surface area contributed by atoms with Crippen molar-refractivity contribution < 1.29 is 0 Å². The maximum Gasteiger partial charge on any atom is 0.0229 e. The Kier molecular flexibility index (Phi) is 2.13. The lowest BCUT2D eigenvalue weighted by molar-refractivity contribution is 0.225. The molecule has 1 fully saturated rings. The molecule has 0 spiro atoms. The summed E-state index contributed by atoms with van der Waals surface area (Å²) in [5.41, 5.74) is 5.39. The molecule has 0 bridgehead atoms. The Morgan fingerprint density at radius 2 is 2.33 bits per heavy atom. The van der Waals surface area contributed by atoms with Crippen molar-refractivity contribution in [3.8, 4) is 12.3 Å². The minimum Gasteiger partial charge on any atom is -0.330 e. The van der Waals surface area contributed by atoms with E-state index in [9.17, 15) is 0 Å². The van der Waals surface area contributed by atoms with Crippen LogP contribution in [0, 0.1) is 24.2 Å². The van der Waals surface area contributed by atoms with Crippen LogP contribution in [0.2, 0.25) is 0 Å². The molecule has 2 atom stereocenters. The fourth-order valence-corrected chi connectivity index (χ4v) is 1.35. The van der Waals surface area contributed by atoms with E-state index in [1.54, 1.807) is 0 Å². The molecule has 0 amide bonds. The van der Waals surface area contributed by atoms with Gasteiger partial charge >= 0.3 is 0 Å². The Labute approximate surface area is 56.6 Å². The summed E-state index contributed by atoms with van der Waals surface area (Å²) in [7, 11) is 0. The third-order valence-electron chi connectivity index (χ3n) is 2.17. The van der Waals surface area contributed by atoms with Crippen molar-refractivity contribution in [2.75, 3.05) is 6.54 Å². The normalized spacial score (nSPS) is 32.9. The van der Waals surface area contributed by atoms with Gasteiger partial charge in [-0.2, -0.15) is 0 Å². The maximum absolute atomic E-state index is 5.39. The molecule has 1 nitrogen and oxygen atoms in total. The van der Waals surface area contributed by atoms with Crippen LogP contribution in [-0.4, -0.2) is 6.54 Å². The Morgan fingerprint density at radius 1 is 1.56 bits per heavy atom. The summed E-state index contributed by atoms with van der Waals surface area (Å²) in [6.45, 7) is 0.794. The smallest absolute Gasteiger partial charge is 0.0229 e. The molecule has 1 saturated carbocycles. The van der Waals surface area contributed by atoms with Crippen molar-refractivity contribution in [1.29, 1.82) is 0 Å². The predicted octanol–water partition coefficient (Wildman–Crippen LogP) is 0.995. The molecule has 50 valence electrons. The Hall–Kier alpha value is -0.480. The molecule has 0 saturated heterocycles. The molecule has 1 rings (SSSR count). The zero-order valence-corrected chi connectivity index (χ0v) is 5.64. The molecule has 1 aliphatic rings. The zero-order chi connectivity index (χ0) is 6.69. The average Bonchev–Trinajstić information content (AvgIpc) is 1.82. The first-order valence-corrected chi connectivity index (χ1v) is 3.54. The van der Waals surface area contributed by atoms with E-state index in [1.165, 1.54) is 12.8 Å². The van der Waals surface area contributed by atoms with Crippen LogP contribution in [0.25, 0.3) is 0 Å². The van der Waals surface area contributed by atoms with Gasteiger partial charge in [-0.15, -0.1) is 12.3 Å². The molecule has 0 aromatic carbocycles. The first kappa shape index (κ1) is 6.64. The van der Waals surface area contributed by atoms with Crippen LogP contribution in [0.4, 0.5) is 0 Å². The highest BCUT2D eigenvalue weighted by Gasteiger charge is 2.27. The largest absolute Gasteiger partial charge is 0.330 e. The van der Waals surface area contributed by atoms with Gasteiger partial charge in [0.15, 0.2) is 0 Å². The summed E-state index contributed by atoms with van der Waals surface area (Å²) in [6.07, 6.45) is 8.90. The highest BCUT2D eigenvalue weighted by atomic mass is 14.5. The Bertz CT molecular complexity index is 123. The Morgan fingerprint density at radius 3 is 2.67 bits per heavy atom. The number of terminal acetylenes is 1. The molecule has 0 heterocycles. The van der Waals surface area contributed by atoms with Crippen LogP contribution >= 0.6 is 0 Å². The van der Waals surface area contributed by atoms with Crippen molar-refractivity contribution in [3.63, 3.8) is 0 Å². The van der Waals surface area contributed by atoms with Crippen LogP contribution in [0.15, 0.2) is 0 Å². The van der Waals surface area contributed by atoms with E-state index in [1.807, 2.05) is 0 Å². The summed E-state index contributed by atoms with van der Waals surface area (Å²) in [5.74, 6) is 4.08. The molecule has 0 radical (unpaired) electrons. The lowest BCUT2D eigenvalue weighted by atomic mass is 9.72. The van der Waals surface area contributed by atoms with Gasteiger partial charge in [-0.05, 0) is 31.7 Å². The number of rotatable bonds is 2. The van der Waals surface area contributed by atoms with E-state index in [2.05, 4.69) is 5.92 Å². The summed E-state index contributed by atoms with van der Waals surface area (Å²) in [5, 5.41) is 0. The van der Waals surface area contributed by atoms with E-state index in [0.717, 1.165) is 18.9 Å². The van der Waals surface area contributed by atoms with Gasteiger partial charge in [0.25, 0.3) is 0 Å². The summed E-state index contributed by atoms with van der Waals surface area (Å²) >= 11 is 0. The Balaban J connectivity index is 2.21. The van der Waals surface area contributed by atoms with Crippen LogP contribution in [0.3, 0.4) is 0 Å². The molecule has 9 heavy (non-hydrogen) atoms. The second-order valence-electron chi connectivity index (χ2n) is 2.69. The lowest BCUT2D eigenvalue weighted by Gasteiger charge is -2.32. The summed E-state index contributed by atoms with van der Waals surface area (Å²) in [4.78, 5) is 0. The lowest BCUT2D eigenvalue weighted by Crippen LogP contribution is -2.26. The van der Waals surface area contributed by atoms with E-state index in [0.29, 0.717) is 5.92 Å². The van der Waals surface area contributed by atoms with Crippen LogP contribution in [-0.2, 0) is 0 Å². The van der Waals surface area contributed by atoms with Gasteiger partial charge < -0.3 is 5.73 Å². The second-order valence-corrected chi connectivity index (χ2v) is 2.69. The highest BCUT2D eigenvalue weighted by Crippen LogP contribution is 2.35. The minimum absolute atomic E-state index is 0.550. The van der Waals surface area contributed by atoms with Crippen molar-refractivity contribution >= 4 is 0 Å². The van der Waals surface area contributed by atoms with Crippen molar-refractivity contribution in [3.05, 3.63) is 0 Å². The van der Waals surface area contributed by atoms with Gasteiger partial charge in [0, 0.05) is 5.92 Å². The zero-order valence-electron chi connectivity index (χ0n) is 5.64. The monoisotopic (exact) mass is 123 g/mol. The molecule has 2 N–H and O–H groups in total. The first-order valence-electron chi connectivity index (χ1n) is 3.54. The van der Waals surface area contributed by atoms with Crippen LogP contribution in [0.5, 0.6) is 0 Å². The van der Waals surface area contributed by atoms with Crippen molar-refractivity contribution in [2.45, 2.75) is 19.3 Å². The quantitative estimate of drug-likeness (QED) is 0.544. The fraction of sp³-hybridized carbons (Fsp3) is 0.750. The van der Waals surface area contributed by atoms with Gasteiger partial charge in [-0.1, -0.05) is 0 Å². The summed E-state index contributed by atoms with van der Waals surface area (Å²) in [6, 6.07) is 0. The average molecular weight is 123 g/mol. The molecule has 1 heteroatoms. The first-order chi connectivity index (χ1) is 4.38. The van der Waals surface area contributed by atoms with Gasteiger partial charge in [-0.25, -0.2) is 0 Å². The second kappa shape index (κ2) is 2.89. The molecule has 0 aromatic rings. The fourth-order valence-electron chi connectivity index (χ4n) is 1.35. The topological polar surface area (TPSA) is 26.0 Å². The van der Waals surface area contributed by atoms with E-state index < -0.39 is 0 Å². The maximum atomic E-state index is 5.39. The SMILES string of the molecule is C#CC1CCC1CCN. The van der Waals surface area contributed by atoms with Crippen molar-refractivity contribution in [1.82, 2.24) is 0 Å². The predicted molar refractivity (Wildman–Crippen MR) is 38.7 cm³/mol. The van der Waals surface area contributed by atoms with E-state index in [-0.39, 0.29) is 0 Å². The van der Waals surface area contributed by atoms with Crippen LogP contribution in [0.1, 0.15) is 19.3 Å². The van der Waals surface area contributed by atoms with Crippen LogP contribution < -0.4 is 5.73 Å².